The first kappa shape index (κ1) is 106. The Hall–Kier alpha value is -13.4. The quantitative estimate of drug-likeness (QED) is 0.0128. The monoisotopic (exact) mass is 1970 g/mol. The fraction of sp³-hybridized carbons (Fsp3) is 0.417. The summed E-state index contributed by atoms with van der Waals surface area (Å²) in [5, 5.41) is 103. The van der Waals surface area contributed by atoms with E-state index in [2.05, 4.69) is 41.2 Å². The number of aliphatic hydroxyl groups is 7. The molecule has 0 amide bonds. The molecule has 756 valence electrons. The van der Waals surface area contributed by atoms with E-state index in [1.165, 1.54) is 42.5 Å². The zero-order valence-electron chi connectivity index (χ0n) is 79.9. The van der Waals surface area contributed by atoms with Crippen LogP contribution in [-0.2, 0) is 78.4 Å². The van der Waals surface area contributed by atoms with Gasteiger partial charge in [0.25, 0.3) is 0 Å². The van der Waals surface area contributed by atoms with Gasteiger partial charge < -0.3 is 95.0 Å². The van der Waals surface area contributed by atoms with E-state index in [1.807, 2.05) is 72.6 Å². The van der Waals surface area contributed by atoms with E-state index < -0.39 is 102 Å². The largest absolute Gasteiger partial charge is 0.481 e. The number of aliphatic hydroxyl groups excluding tert-OH is 5. The van der Waals surface area contributed by atoms with E-state index in [-0.39, 0.29) is 86.7 Å². The Labute approximate surface area is 814 Å². The number of hydrogen-bond acceptors (Lipinski definition) is 25. The Morgan fingerprint density at radius 1 is 0.437 bits per heavy atom. The second kappa shape index (κ2) is 46.1. The number of pyridine rings is 4. The van der Waals surface area contributed by atoms with E-state index in [9.17, 15) is 90.0 Å². The molecule has 0 spiro atoms. The number of imidazole rings is 4. The number of benzene rings is 4. The van der Waals surface area contributed by atoms with Crippen molar-refractivity contribution < 1.29 is 110 Å². The Morgan fingerprint density at radius 2 is 0.768 bits per heavy atom. The number of nitrogens with zero attached hydrogens (tertiary/aromatic N) is 12. The lowest BCUT2D eigenvalue weighted by molar-refractivity contribution is -0.160. The normalized spacial score (nSPS) is 17.2. The minimum absolute atomic E-state index is 0.00734. The van der Waals surface area contributed by atoms with Crippen LogP contribution in [0.4, 0.5) is 58.4 Å². The molecule has 4 aromatic carbocycles. The zero-order chi connectivity index (χ0) is 102. The summed E-state index contributed by atoms with van der Waals surface area (Å²) in [4.78, 5) is 81.9. The number of rotatable bonds is 36. The number of aliphatic carboxylic acids is 2. The van der Waals surface area contributed by atoms with Crippen LogP contribution in [0.5, 0.6) is 0 Å². The third kappa shape index (κ3) is 26.9. The van der Waals surface area contributed by atoms with Crippen molar-refractivity contribution in [1.29, 1.82) is 0 Å². The topological polar surface area (TPSA) is 440 Å². The maximum atomic E-state index is 13.7. The summed E-state index contributed by atoms with van der Waals surface area (Å²) in [5.41, 5.74) is 6.28. The van der Waals surface area contributed by atoms with Crippen molar-refractivity contribution in [2.75, 3.05) is 49.5 Å². The van der Waals surface area contributed by atoms with Crippen molar-refractivity contribution in [2.45, 2.75) is 242 Å². The number of anilines is 4. The molecule has 13 N–H and O–H groups in total. The number of carboxylic acid groups (broad SMARTS) is 2. The first-order valence-electron chi connectivity index (χ1n) is 47.1. The molecule has 0 radical (unpaired) electrons. The van der Waals surface area contributed by atoms with Crippen LogP contribution in [-0.4, -0.2) is 199 Å². The van der Waals surface area contributed by atoms with E-state index >= 15 is 0 Å². The van der Waals surface area contributed by atoms with Gasteiger partial charge >= 0.3 is 36.2 Å². The van der Waals surface area contributed by atoms with Gasteiger partial charge in [-0.05, 0) is 185 Å². The van der Waals surface area contributed by atoms with Crippen molar-refractivity contribution in [2.24, 2.45) is 5.92 Å². The molecule has 4 fully saturated rings. The molecule has 2 aliphatic carbocycles. The number of cyclic esters (lactones) is 2. The molecule has 31 nitrogen and oxygen atoms in total. The minimum Gasteiger partial charge on any atom is -0.481 e. The SMILES string of the molecule is CNc1cc(-c2nc(C(C)C)n(CC[C@@H](O)C[C@@H](O)CC(=O)O)c2-c2cccc(C(F)(F)F)c2)ccn1.CNc1cc(-c2nc(C(C)C)n(CC[C@@H]3C[C@@H](C)CC(=O)O3)c2-c2cccc(C(F)(F)F)c2)ccn1.CNc1cc(-c2nc(C3(O)CC3)n(CC[C@@H](O)C[C@@H](O)CC(=O)O)c2-c2ccc(F)cc2)ccn1.CNc1cc(-c2nc(C3(O)CC3)n(CC[C@@H]3C[C@@H](O)CC(=O)O3)c2-c2ccc(F)cc2)ccn1. The first-order valence-corrected chi connectivity index (χ1v) is 47.1. The molecule has 142 heavy (non-hydrogen) atoms. The van der Waals surface area contributed by atoms with Gasteiger partial charge in [-0.1, -0.05) is 58.9 Å². The van der Waals surface area contributed by atoms with Crippen molar-refractivity contribution >= 4 is 47.1 Å². The summed E-state index contributed by atoms with van der Waals surface area (Å²) >= 11 is 0. The summed E-state index contributed by atoms with van der Waals surface area (Å²) in [6, 6.07) is 37.0. The van der Waals surface area contributed by atoms with E-state index in [0.717, 1.165) is 58.4 Å². The van der Waals surface area contributed by atoms with Crippen molar-refractivity contribution in [3.05, 3.63) is 216 Å². The lowest BCUT2D eigenvalue weighted by Crippen LogP contribution is -2.33. The molecule has 8 aromatic heterocycles. The smallest absolute Gasteiger partial charge is 0.416 e. The highest BCUT2D eigenvalue weighted by Crippen LogP contribution is 2.51. The van der Waals surface area contributed by atoms with Gasteiger partial charge in [-0.25, -0.2) is 48.7 Å². The van der Waals surface area contributed by atoms with Crippen LogP contribution in [0, 0.1) is 17.6 Å². The van der Waals surface area contributed by atoms with E-state index in [4.69, 9.17) is 39.6 Å². The fourth-order valence-corrected chi connectivity index (χ4v) is 17.6. The molecule has 4 aliphatic rings. The Morgan fingerprint density at radius 3 is 1.11 bits per heavy atom. The highest BCUT2D eigenvalue weighted by atomic mass is 19.4. The lowest BCUT2D eigenvalue weighted by Gasteiger charge is -2.27. The fourth-order valence-electron chi connectivity index (χ4n) is 17.6. The van der Waals surface area contributed by atoms with Gasteiger partial charge in [0, 0.05) is 161 Å². The van der Waals surface area contributed by atoms with Crippen molar-refractivity contribution in [1.82, 2.24) is 58.1 Å². The van der Waals surface area contributed by atoms with Crippen LogP contribution < -0.4 is 21.3 Å². The standard InChI is InChI=1S/C27H31F3N4O2.C26H31F3N4O4.C25H29FN4O5.C25H27FN4O4/c1-16(2)26-33-24(18-8-10-32-22(15-18)31-4)25(19-6-5-7-20(14-19)27(28,29)30)34(26)11-9-21-12-17(3)13-23(35)36-21;1-15(2)25-32-23(16-7-9-31-21(12-16)30-3)24(17-5-4-6-18(11-17)26(27,28)29)33(25)10-8-19(34)13-20(35)14-22(36)37;1-27-20-12-16(6-10-28-20)22-23(15-2-4-17(26)5-3-15)30(24(29-22)25(35)8-9-25)11-7-18(31)13-19(32)14-21(33)34;1-27-20-12-16(6-10-28-20)22-23(15-2-4-17(26)5-3-15)30(24(29-22)25(33)8-9-25)11-7-19-13-18(31)14-21(32)34-19/h5-8,10,14-17,21H,9,11-13H2,1-4H3,(H,31,32);4-7,9,11-12,15,19-20,34-35H,8,10,13-14H2,1-3H3,(H,30,31)(H,36,37);2-6,10,12,18-19,31-32,35H,7-9,11,13-14H2,1H3,(H,27,28)(H,33,34);2-6,10,12,18-19,31,33H,7-9,11,13-14H2,1H3,(H,27,28)/t17-,21-;19-,20-;2*18-,19-/m1111/s1. The van der Waals surface area contributed by atoms with E-state index in [0.29, 0.717) is 167 Å². The summed E-state index contributed by atoms with van der Waals surface area (Å²) in [6.45, 7) is 11.2. The Kier molecular flexibility index (Phi) is 34.4. The summed E-state index contributed by atoms with van der Waals surface area (Å²) < 4.78 is 128. The molecule has 8 atom stereocenters. The molecule has 0 bridgehead atoms. The molecule has 10 heterocycles. The molecular formula is C103H118F8N16O15. The van der Waals surface area contributed by atoms with Gasteiger partial charge in [-0.3, -0.25) is 19.2 Å². The average Bonchev–Trinajstić information content (AvgIpc) is 1.59. The highest BCUT2D eigenvalue weighted by molar-refractivity contribution is 5.85. The number of nitrogens with one attached hydrogen (secondary N) is 4. The number of carbonyl (C=O) groups is 4. The number of hydrogen-bond donors (Lipinski definition) is 13. The summed E-state index contributed by atoms with van der Waals surface area (Å²) in [5.74, 6) is 1.36. The highest BCUT2D eigenvalue weighted by Gasteiger charge is 2.49. The molecule has 12 aromatic rings. The number of esters is 2. The summed E-state index contributed by atoms with van der Waals surface area (Å²) in [6.07, 6.45) is -4.18. The Balaban J connectivity index is 0.000000159. The predicted octanol–water partition coefficient (Wildman–Crippen LogP) is 17.3. The van der Waals surface area contributed by atoms with Crippen molar-refractivity contribution in [3.8, 4) is 90.1 Å². The van der Waals surface area contributed by atoms with E-state index in [1.54, 1.807) is 118 Å². The first-order chi connectivity index (χ1) is 67.5. The molecule has 2 saturated heterocycles. The number of alkyl halides is 6. The van der Waals surface area contributed by atoms with Crippen LogP contribution in [0.15, 0.2) is 170 Å². The van der Waals surface area contributed by atoms with Crippen LogP contribution >= 0.6 is 0 Å². The predicted molar refractivity (Wildman–Crippen MR) is 516 cm³/mol. The maximum absolute atomic E-state index is 13.7. The van der Waals surface area contributed by atoms with Crippen LogP contribution in [0.25, 0.3) is 90.1 Å². The van der Waals surface area contributed by atoms with Gasteiger partial charge in [0.05, 0.1) is 106 Å². The molecule has 0 unspecified atom stereocenters. The number of carboxylic acids is 2. The van der Waals surface area contributed by atoms with Crippen LogP contribution in [0.2, 0.25) is 0 Å². The number of halogens is 8. The van der Waals surface area contributed by atoms with Gasteiger partial charge in [0.15, 0.2) is 0 Å². The van der Waals surface area contributed by atoms with Gasteiger partial charge in [0.1, 0.15) is 81.6 Å². The van der Waals surface area contributed by atoms with Gasteiger partial charge in [0.2, 0.25) is 0 Å². The third-order valence-corrected chi connectivity index (χ3v) is 24.9. The molecule has 16 rings (SSSR count). The summed E-state index contributed by atoms with van der Waals surface area (Å²) in [7, 11) is 7.00. The molecule has 2 aliphatic heterocycles. The van der Waals surface area contributed by atoms with Crippen LogP contribution in [0.1, 0.15) is 184 Å². The Bertz CT molecular complexity index is 6380. The second-order valence-electron chi connectivity index (χ2n) is 36.8. The molecule has 2 saturated carbocycles. The number of aromatic nitrogens is 12. The average molecular weight is 1970 g/mol. The maximum Gasteiger partial charge on any atom is 0.416 e. The van der Waals surface area contributed by atoms with Crippen LogP contribution in [0.3, 0.4) is 0 Å². The molecule has 39 heteroatoms. The van der Waals surface area contributed by atoms with Crippen molar-refractivity contribution in [3.63, 3.8) is 0 Å². The number of ether oxygens (including phenoxy) is 2. The third-order valence-electron chi connectivity index (χ3n) is 24.9. The zero-order valence-corrected chi connectivity index (χ0v) is 79.9. The second-order valence-corrected chi connectivity index (χ2v) is 36.8. The minimum atomic E-state index is -4.53. The molecular weight excluding hydrogens is 1850 g/mol. The lowest BCUT2D eigenvalue weighted by atomic mass is 9.95. The van der Waals surface area contributed by atoms with Gasteiger partial charge in [-0.2, -0.15) is 26.3 Å². The van der Waals surface area contributed by atoms with Gasteiger partial charge in [-0.15, -0.1) is 0 Å². The number of carbonyl (C=O) groups excluding carboxylic acids is 2.